The highest BCUT2D eigenvalue weighted by molar-refractivity contribution is 8.77. The molecular weight excluding hydrogens is 393 g/mol. The third kappa shape index (κ3) is 6.96. The van der Waals surface area contributed by atoms with E-state index in [-0.39, 0.29) is 4.75 Å². The van der Waals surface area contributed by atoms with Gasteiger partial charge in [0.15, 0.2) is 17.4 Å². The Hall–Kier alpha value is 0.520. The number of hydrogen-bond acceptors (Lipinski definition) is 10. The third-order valence-corrected chi connectivity index (χ3v) is 9.41. The molecule has 0 aliphatic heterocycles. The number of aromatic nitrogens is 4. The smallest absolute Gasteiger partial charge is 0.131 e. The predicted octanol–water partition coefficient (Wildman–Crippen LogP) is 5.83. The molecule has 0 saturated heterocycles. The van der Waals surface area contributed by atoms with Crippen molar-refractivity contribution in [1.29, 1.82) is 0 Å². The first-order chi connectivity index (χ1) is 10.3. The number of nitrogens with zero attached hydrogens (tertiary/aromatic N) is 4. The van der Waals surface area contributed by atoms with Crippen molar-refractivity contribution >= 4 is 67.8 Å². The van der Waals surface area contributed by atoms with Gasteiger partial charge in [0, 0.05) is 10.5 Å². The van der Waals surface area contributed by atoms with Crippen molar-refractivity contribution in [1.82, 2.24) is 20.4 Å². The minimum Gasteiger partial charge on any atom is -0.131 e. The van der Waals surface area contributed by atoms with Gasteiger partial charge in [0.25, 0.3) is 0 Å². The normalized spacial score (nSPS) is 12.3. The summed E-state index contributed by atoms with van der Waals surface area (Å²) in [7, 11) is 3.21. The van der Waals surface area contributed by atoms with E-state index in [9.17, 15) is 0 Å². The van der Waals surface area contributed by atoms with Gasteiger partial charge in [0.05, 0.1) is 0 Å². The van der Waals surface area contributed by atoms with Gasteiger partial charge in [-0.15, -0.1) is 20.4 Å². The summed E-state index contributed by atoms with van der Waals surface area (Å²) >= 11 is 6.80. The second-order valence-corrected chi connectivity index (χ2v) is 13.7. The molecule has 0 unspecified atom stereocenters. The summed E-state index contributed by atoms with van der Waals surface area (Å²) in [5.74, 6) is 1.75. The molecule has 2 heterocycles. The molecule has 0 aliphatic rings. The molecular formula is C12H18N4S6. The summed E-state index contributed by atoms with van der Waals surface area (Å²) in [5, 5.41) is 16.9. The minimum absolute atomic E-state index is 0.163. The van der Waals surface area contributed by atoms with E-state index in [0.717, 1.165) is 23.1 Å². The van der Waals surface area contributed by atoms with Crippen LogP contribution in [0.1, 0.15) is 34.6 Å². The summed E-state index contributed by atoms with van der Waals surface area (Å²) in [4.78, 5) is 0. The van der Waals surface area contributed by atoms with Gasteiger partial charge in [0.1, 0.15) is 0 Å². The number of rotatable bonds is 7. The zero-order chi connectivity index (χ0) is 16.2. The molecule has 0 N–H and O–H groups in total. The molecule has 0 spiro atoms. The quantitative estimate of drug-likeness (QED) is 0.417. The van der Waals surface area contributed by atoms with Crippen molar-refractivity contribution in [2.45, 2.75) is 56.7 Å². The monoisotopic (exact) mass is 410 g/mol. The lowest BCUT2D eigenvalue weighted by Crippen LogP contribution is -2.06. The first-order valence-corrected chi connectivity index (χ1v) is 12.2. The van der Waals surface area contributed by atoms with E-state index in [0.29, 0.717) is 5.92 Å². The van der Waals surface area contributed by atoms with Crippen molar-refractivity contribution in [2.75, 3.05) is 5.75 Å². The molecule has 0 fully saturated rings. The molecule has 10 heteroatoms. The van der Waals surface area contributed by atoms with Gasteiger partial charge in [0.2, 0.25) is 0 Å². The molecule has 0 amide bonds. The zero-order valence-corrected chi connectivity index (χ0v) is 17.9. The van der Waals surface area contributed by atoms with Gasteiger partial charge >= 0.3 is 0 Å². The van der Waals surface area contributed by atoms with E-state index in [1.807, 2.05) is 0 Å². The molecule has 2 aromatic rings. The van der Waals surface area contributed by atoms with Crippen molar-refractivity contribution in [3.05, 3.63) is 0 Å². The fourth-order valence-corrected chi connectivity index (χ4v) is 7.97. The molecule has 0 aromatic carbocycles. The fourth-order valence-electron chi connectivity index (χ4n) is 1.13. The van der Waals surface area contributed by atoms with Crippen LogP contribution in [0.5, 0.6) is 0 Å². The topological polar surface area (TPSA) is 51.6 Å². The SMILES string of the molecule is CC(C)CSc1nnc(SSc2nnc(SC(C)(C)C)s2)s1. The molecule has 2 rings (SSSR count). The molecule has 0 bridgehead atoms. The van der Waals surface area contributed by atoms with E-state index in [1.165, 1.54) is 0 Å². The van der Waals surface area contributed by atoms with Gasteiger partial charge < -0.3 is 0 Å². The average Bonchev–Trinajstić information content (AvgIpc) is 3.01. The van der Waals surface area contributed by atoms with E-state index in [4.69, 9.17) is 0 Å². The molecule has 4 nitrogen and oxygen atoms in total. The minimum atomic E-state index is 0.163. The maximum Gasteiger partial charge on any atom is 0.186 e. The van der Waals surface area contributed by atoms with Gasteiger partial charge in [-0.3, -0.25) is 0 Å². The molecule has 22 heavy (non-hydrogen) atoms. The van der Waals surface area contributed by atoms with Crippen LogP contribution in [0.25, 0.3) is 0 Å². The van der Waals surface area contributed by atoms with E-state index < -0.39 is 0 Å². The van der Waals surface area contributed by atoms with E-state index >= 15 is 0 Å². The Morgan fingerprint density at radius 3 is 1.91 bits per heavy atom. The lowest BCUT2D eigenvalue weighted by atomic mass is 10.3. The van der Waals surface area contributed by atoms with Crippen LogP contribution in [-0.2, 0) is 0 Å². The Kier molecular flexibility index (Phi) is 7.34. The first kappa shape index (κ1) is 18.9. The lowest BCUT2D eigenvalue weighted by Gasteiger charge is -2.13. The van der Waals surface area contributed by atoms with Crippen LogP contribution >= 0.6 is 67.8 Å². The second kappa shape index (κ2) is 8.57. The number of thioether (sulfide) groups is 2. The van der Waals surface area contributed by atoms with Crippen LogP contribution < -0.4 is 0 Å². The van der Waals surface area contributed by atoms with Gasteiger partial charge in [-0.1, -0.05) is 80.8 Å². The Morgan fingerprint density at radius 1 is 0.864 bits per heavy atom. The van der Waals surface area contributed by atoms with Crippen LogP contribution in [0.15, 0.2) is 17.4 Å². The highest BCUT2D eigenvalue weighted by atomic mass is 33.1. The second-order valence-electron chi connectivity index (χ2n) is 5.75. The highest BCUT2D eigenvalue weighted by Gasteiger charge is 2.16. The molecule has 0 saturated carbocycles. The molecule has 122 valence electrons. The molecule has 0 aliphatic carbocycles. The van der Waals surface area contributed by atoms with Crippen molar-refractivity contribution < 1.29 is 0 Å². The molecule has 2 aromatic heterocycles. The summed E-state index contributed by atoms with van der Waals surface area (Å²) < 4.78 is 4.15. The van der Waals surface area contributed by atoms with E-state index in [1.54, 1.807) is 67.8 Å². The van der Waals surface area contributed by atoms with Gasteiger partial charge in [-0.25, -0.2) is 0 Å². The largest absolute Gasteiger partial charge is 0.186 e. The summed E-state index contributed by atoms with van der Waals surface area (Å²) in [5.41, 5.74) is 0. The maximum absolute atomic E-state index is 4.23. The lowest BCUT2D eigenvalue weighted by molar-refractivity contribution is 0.749. The fraction of sp³-hybridized carbons (Fsp3) is 0.667. The third-order valence-electron chi connectivity index (χ3n) is 1.89. The van der Waals surface area contributed by atoms with Crippen LogP contribution in [-0.4, -0.2) is 30.9 Å². The molecule has 0 atom stereocenters. The molecule has 0 radical (unpaired) electrons. The van der Waals surface area contributed by atoms with Crippen LogP contribution in [0.4, 0.5) is 0 Å². The maximum atomic E-state index is 4.23. The van der Waals surface area contributed by atoms with Crippen LogP contribution in [0.3, 0.4) is 0 Å². The Bertz CT molecular complexity index is 588. The summed E-state index contributed by atoms with van der Waals surface area (Å²) in [6.45, 7) is 11.0. The zero-order valence-electron chi connectivity index (χ0n) is 13.0. The van der Waals surface area contributed by atoms with Gasteiger partial charge in [-0.05, 0) is 27.5 Å². The Labute approximate surface area is 155 Å². The average molecular weight is 411 g/mol. The van der Waals surface area contributed by atoms with Crippen LogP contribution in [0.2, 0.25) is 0 Å². The summed E-state index contributed by atoms with van der Waals surface area (Å²) in [6, 6.07) is 0. The van der Waals surface area contributed by atoms with E-state index in [2.05, 4.69) is 55.0 Å². The predicted molar refractivity (Wildman–Crippen MR) is 103 cm³/mol. The number of hydrogen-bond donors (Lipinski definition) is 0. The summed E-state index contributed by atoms with van der Waals surface area (Å²) in [6.07, 6.45) is 0. The first-order valence-electron chi connectivity index (χ1n) is 6.65. The standard InChI is InChI=1S/C12H18N4S6/c1-7(2)6-17-8-13-15-10(18-8)21-22-11-16-14-9(19-11)20-12(3,4)5/h7H,6H2,1-5H3. The Balaban J connectivity index is 1.83. The van der Waals surface area contributed by atoms with Gasteiger partial charge in [-0.2, -0.15) is 0 Å². The van der Waals surface area contributed by atoms with Crippen molar-refractivity contribution in [3.63, 3.8) is 0 Å². The highest BCUT2D eigenvalue weighted by Crippen LogP contribution is 2.43. The Morgan fingerprint density at radius 2 is 1.36 bits per heavy atom. The van der Waals surface area contributed by atoms with Crippen molar-refractivity contribution in [3.8, 4) is 0 Å². The van der Waals surface area contributed by atoms with Crippen molar-refractivity contribution in [2.24, 2.45) is 5.92 Å². The van der Waals surface area contributed by atoms with Crippen LogP contribution in [0, 0.1) is 5.92 Å².